The molecule has 2 rings (SSSR count). The summed E-state index contributed by atoms with van der Waals surface area (Å²) < 4.78 is 0. The minimum atomic E-state index is 0.460. The second-order valence-electron chi connectivity index (χ2n) is 5.35. The maximum atomic E-state index is 9.10. The molecule has 0 aliphatic heterocycles. The van der Waals surface area contributed by atoms with Crippen LogP contribution in [-0.2, 0) is 0 Å². The third kappa shape index (κ3) is 3.83. The molecule has 3 N–H and O–H groups in total. The first-order chi connectivity index (χ1) is 10.7. The van der Waals surface area contributed by atoms with Crippen molar-refractivity contribution in [2.45, 2.75) is 20.3 Å². The van der Waals surface area contributed by atoms with Crippen molar-refractivity contribution in [1.82, 2.24) is 0 Å². The van der Waals surface area contributed by atoms with Gasteiger partial charge in [-0.05, 0) is 54.3 Å². The molecule has 0 amide bonds. The molecular formula is C19H22N2O. The van der Waals surface area contributed by atoms with E-state index < -0.39 is 0 Å². The van der Waals surface area contributed by atoms with Gasteiger partial charge < -0.3 is 10.9 Å². The van der Waals surface area contributed by atoms with Crippen LogP contribution in [0.3, 0.4) is 0 Å². The molecule has 2 aromatic carbocycles. The van der Waals surface area contributed by atoms with Crippen molar-refractivity contribution in [3.63, 3.8) is 0 Å². The Balaban J connectivity index is 2.29. The zero-order valence-corrected chi connectivity index (χ0v) is 13.1. The molecule has 0 fully saturated rings. The first-order valence-corrected chi connectivity index (χ1v) is 7.41. The lowest BCUT2D eigenvalue weighted by Crippen LogP contribution is -2.09. The number of oxime groups is 1. The monoisotopic (exact) mass is 294 g/mol. The van der Waals surface area contributed by atoms with E-state index in [-0.39, 0.29) is 0 Å². The smallest absolute Gasteiger partial charge is 0.0880 e. The molecule has 2 aromatic rings. The van der Waals surface area contributed by atoms with Crippen molar-refractivity contribution in [3.8, 4) is 0 Å². The van der Waals surface area contributed by atoms with Gasteiger partial charge in [0.05, 0.1) is 5.71 Å². The Hall–Kier alpha value is -2.39. The highest BCUT2D eigenvalue weighted by atomic mass is 16.4. The molecule has 0 bridgehead atoms. The average molecular weight is 294 g/mol. The van der Waals surface area contributed by atoms with Crippen molar-refractivity contribution < 1.29 is 5.21 Å². The van der Waals surface area contributed by atoms with E-state index in [4.69, 9.17) is 10.9 Å². The van der Waals surface area contributed by atoms with Gasteiger partial charge >= 0.3 is 0 Å². The summed E-state index contributed by atoms with van der Waals surface area (Å²) in [7, 11) is 0. The highest BCUT2D eigenvalue weighted by molar-refractivity contribution is 6.00. The molecule has 0 heterocycles. The van der Waals surface area contributed by atoms with E-state index in [1.807, 2.05) is 24.3 Å². The SMILES string of the molecule is Cc1cccc(C)c1/C=C\c1cccc(C(CCN)=NO)c1. The van der Waals surface area contributed by atoms with Gasteiger partial charge in [0.1, 0.15) is 0 Å². The Labute approximate surface area is 131 Å². The first kappa shape index (κ1) is 16.0. The number of hydrogen-bond donors (Lipinski definition) is 2. The molecule has 0 saturated heterocycles. The fraction of sp³-hybridized carbons (Fsp3) is 0.211. The third-order valence-corrected chi connectivity index (χ3v) is 3.71. The van der Waals surface area contributed by atoms with Gasteiger partial charge in [-0.25, -0.2) is 0 Å². The summed E-state index contributed by atoms with van der Waals surface area (Å²) in [5.74, 6) is 0. The standard InChI is InChI=1S/C19H22N2O/c1-14-5-3-6-15(2)18(14)10-9-16-7-4-8-17(13-16)19(21-22)11-12-20/h3-10,13,22H,11-12,20H2,1-2H3/b10-9-,21-19?. The Morgan fingerprint density at radius 2 is 1.77 bits per heavy atom. The van der Waals surface area contributed by atoms with Gasteiger partial charge in [-0.15, -0.1) is 0 Å². The third-order valence-electron chi connectivity index (χ3n) is 3.71. The summed E-state index contributed by atoms with van der Waals surface area (Å²) in [6, 6.07) is 14.2. The van der Waals surface area contributed by atoms with Crippen LogP contribution in [0.5, 0.6) is 0 Å². The zero-order valence-electron chi connectivity index (χ0n) is 13.1. The molecule has 0 radical (unpaired) electrons. The lowest BCUT2D eigenvalue weighted by Gasteiger charge is -2.06. The molecule has 0 spiro atoms. The van der Waals surface area contributed by atoms with Crippen LogP contribution in [0.1, 0.15) is 34.2 Å². The normalized spacial score (nSPS) is 12.0. The average Bonchev–Trinajstić information content (AvgIpc) is 2.52. The van der Waals surface area contributed by atoms with Gasteiger partial charge in [-0.3, -0.25) is 0 Å². The summed E-state index contributed by atoms with van der Waals surface area (Å²) in [5.41, 5.74) is 11.9. The van der Waals surface area contributed by atoms with E-state index in [2.05, 4.69) is 49.4 Å². The van der Waals surface area contributed by atoms with Gasteiger partial charge in [-0.2, -0.15) is 0 Å². The van der Waals surface area contributed by atoms with Crippen molar-refractivity contribution in [1.29, 1.82) is 0 Å². The minimum Gasteiger partial charge on any atom is -0.411 e. The largest absolute Gasteiger partial charge is 0.411 e. The number of nitrogens with two attached hydrogens (primary N) is 1. The van der Waals surface area contributed by atoms with Gasteiger partial charge in [0, 0.05) is 6.42 Å². The van der Waals surface area contributed by atoms with Gasteiger partial charge in [0.2, 0.25) is 0 Å². The Kier molecular flexibility index (Phi) is 5.50. The molecular weight excluding hydrogens is 272 g/mol. The van der Waals surface area contributed by atoms with E-state index in [9.17, 15) is 0 Å². The van der Waals surface area contributed by atoms with Crippen molar-refractivity contribution in [2.24, 2.45) is 10.9 Å². The van der Waals surface area contributed by atoms with E-state index in [1.165, 1.54) is 16.7 Å². The molecule has 0 unspecified atom stereocenters. The highest BCUT2D eigenvalue weighted by Crippen LogP contribution is 2.17. The van der Waals surface area contributed by atoms with Crippen LogP contribution in [0.4, 0.5) is 0 Å². The Morgan fingerprint density at radius 3 is 2.41 bits per heavy atom. The van der Waals surface area contributed by atoms with E-state index >= 15 is 0 Å². The first-order valence-electron chi connectivity index (χ1n) is 7.41. The number of rotatable bonds is 5. The fourth-order valence-corrected chi connectivity index (χ4v) is 2.48. The summed E-state index contributed by atoms with van der Waals surface area (Å²) in [6.07, 6.45) is 4.76. The van der Waals surface area contributed by atoms with Crippen LogP contribution in [0.25, 0.3) is 12.2 Å². The van der Waals surface area contributed by atoms with Gasteiger partial charge in [-0.1, -0.05) is 53.7 Å². The van der Waals surface area contributed by atoms with Crippen molar-refractivity contribution in [2.75, 3.05) is 6.54 Å². The predicted octanol–water partition coefficient (Wildman–Crippen LogP) is 4.00. The quantitative estimate of drug-likeness (QED) is 0.379. The fourth-order valence-electron chi connectivity index (χ4n) is 2.48. The van der Waals surface area contributed by atoms with Gasteiger partial charge in [0.25, 0.3) is 0 Å². The number of benzene rings is 2. The van der Waals surface area contributed by atoms with E-state index in [0.29, 0.717) is 18.7 Å². The van der Waals surface area contributed by atoms with Crippen LogP contribution in [0, 0.1) is 13.8 Å². The maximum absolute atomic E-state index is 9.10. The molecule has 3 nitrogen and oxygen atoms in total. The number of hydrogen-bond acceptors (Lipinski definition) is 3. The molecule has 3 heteroatoms. The van der Waals surface area contributed by atoms with Gasteiger partial charge in [0.15, 0.2) is 0 Å². The summed E-state index contributed by atoms with van der Waals surface area (Å²) in [5, 5.41) is 12.4. The summed E-state index contributed by atoms with van der Waals surface area (Å²) >= 11 is 0. The van der Waals surface area contributed by atoms with Crippen LogP contribution < -0.4 is 5.73 Å². The van der Waals surface area contributed by atoms with Crippen molar-refractivity contribution in [3.05, 3.63) is 70.3 Å². The second kappa shape index (κ2) is 7.57. The minimum absolute atomic E-state index is 0.460. The highest BCUT2D eigenvalue weighted by Gasteiger charge is 2.04. The summed E-state index contributed by atoms with van der Waals surface area (Å²) in [6.45, 7) is 4.68. The molecule has 0 atom stereocenters. The molecule has 22 heavy (non-hydrogen) atoms. The van der Waals surface area contributed by atoms with E-state index in [1.54, 1.807) is 0 Å². The Bertz CT molecular complexity index is 682. The van der Waals surface area contributed by atoms with E-state index in [0.717, 1.165) is 11.1 Å². The van der Waals surface area contributed by atoms with Crippen LogP contribution in [-0.4, -0.2) is 17.5 Å². The molecule has 0 saturated carbocycles. The second-order valence-corrected chi connectivity index (χ2v) is 5.35. The van der Waals surface area contributed by atoms with Crippen LogP contribution in [0.15, 0.2) is 47.6 Å². The zero-order chi connectivity index (χ0) is 15.9. The van der Waals surface area contributed by atoms with Crippen LogP contribution in [0.2, 0.25) is 0 Å². The molecule has 114 valence electrons. The lowest BCUT2D eigenvalue weighted by atomic mass is 10.0. The topological polar surface area (TPSA) is 58.6 Å². The summed E-state index contributed by atoms with van der Waals surface area (Å²) in [4.78, 5) is 0. The Morgan fingerprint density at radius 1 is 1.09 bits per heavy atom. The molecule has 0 aromatic heterocycles. The number of nitrogens with zero attached hydrogens (tertiary/aromatic N) is 1. The lowest BCUT2D eigenvalue weighted by molar-refractivity contribution is 0.318. The van der Waals surface area contributed by atoms with Crippen molar-refractivity contribution >= 4 is 17.9 Å². The maximum Gasteiger partial charge on any atom is 0.0880 e. The van der Waals surface area contributed by atoms with Crippen LogP contribution >= 0.6 is 0 Å². The molecule has 0 aliphatic carbocycles. The predicted molar refractivity (Wildman–Crippen MR) is 93.3 cm³/mol. The number of aryl methyl sites for hydroxylation is 2. The molecule has 0 aliphatic rings.